The summed E-state index contributed by atoms with van der Waals surface area (Å²) < 4.78 is 16.0. The molecule has 0 bridgehead atoms. The minimum absolute atomic E-state index is 0. The van der Waals surface area contributed by atoms with Crippen molar-refractivity contribution in [3.8, 4) is 11.5 Å². The van der Waals surface area contributed by atoms with Crippen LogP contribution in [-0.4, -0.2) is 50.3 Å². The van der Waals surface area contributed by atoms with E-state index in [-0.39, 0.29) is 36.0 Å². The lowest BCUT2D eigenvalue weighted by Crippen LogP contribution is -2.38. The molecule has 0 amide bonds. The number of rotatable bonds is 11. The van der Waals surface area contributed by atoms with Crippen LogP contribution in [0.2, 0.25) is 0 Å². The molecule has 32 heavy (non-hydrogen) atoms. The molecular weight excluding hydrogens is 543 g/mol. The Balaban J connectivity index is 0.00000512. The van der Waals surface area contributed by atoms with Gasteiger partial charge in [-0.25, -0.2) is 9.78 Å². The number of hydrogen-bond acceptors (Lipinski definition) is 7. The molecule has 1 aromatic heterocycles. The maximum absolute atomic E-state index is 12.0. The Morgan fingerprint density at radius 3 is 2.53 bits per heavy atom. The number of aliphatic imine (C=N–C) groups is 1. The van der Waals surface area contributed by atoms with E-state index in [2.05, 4.69) is 20.6 Å². The number of guanidine groups is 1. The molecule has 2 N–H and O–H groups in total. The van der Waals surface area contributed by atoms with Gasteiger partial charge in [-0.3, -0.25) is 4.99 Å². The predicted octanol–water partition coefficient (Wildman–Crippen LogP) is 4.34. The molecule has 1 heterocycles. The maximum atomic E-state index is 12.0. The van der Waals surface area contributed by atoms with Gasteiger partial charge in [0.1, 0.15) is 21.4 Å². The molecule has 1 aromatic carbocycles. The third kappa shape index (κ3) is 8.81. The van der Waals surface area contributed by atoms with Gasteiger partial charge in [-0.1, -0.05) is 0 Å². The SMILES string of the molecule is CCNC(=NCCCOc1ccc(OC)cc1)NC(C)c1nc(C)c(C(=O)OCC)s1.I. The van der Waals surface area contributed by atoms with Gasteiger partial charge in [-0.2, -0.15) is 0 Å². The van der Waals surface area contributed by atoms with Crippen molar-refractivity contribution in [3.05, 3.63) is 39.8 Å². The van der Waals surface area contributed by atoms with Crippen molar-refractivity contribution in [3.63, 3.8) is 0 Å². The summed E-state index contributed by atoms with van der Waals surface area (Å²) in [4.78, 5) is 21.7. The molecule has 178 valence electrons. The zero-order chi connectivity index (χ0) is 22.6. The van der Waals surface area contributed by atoms with Crippen LogP contribution in [0.15, 0.2) is 29.3 Å². The number of halogens is 1. The highest BCUT2D eigenvalue weighted by Crippen LogP contribution is 2.24. The van der Waals surface area contributed by atoms with E-state index in [1.807, 2.05) is 45.0 Å². The summed E-state index contributed by atoms with van der Waals surface area (Å²) in [6.07, 6.45) is 0.778. The van der Waals surface area contributed by atoms with E-state index in [1.54, 1.807) is 14.0 Å². The number of hydrogen-bond donors (Lipinski definition) is 2. The number of nitrogens with one attached hydrogen (secondary N) is 2. The first kappa shape index (κ1) is 28.0. The largest absolute Gasteiger partial charge is 0.497 e. The molecule has 0 aliphatic rings. The van der Waals surface area contributed by atoms with E-state index >= 15 is 0 Å². The molecule has 10 heteroatoms. The van der Waals surface area contributed by atoms with E-state index in [0.717, 1.165) is 29.5 Å². The summed E-state index contributed by atoms with van der Waals surface area (Å²) in [5, 5.41) is 7.40. The zero-order valence-corrected chi connectivity index (χ0v) is 22.4. The van der Waals surface area contributed by atoms with Gasteiger partial charge >= 0.3 is 5.97 Å². The number of carbonyl (C=O) groups is 1. The first-order valence-corrected chi connectivity index (χ1v) is 11.3. The topological polar surface area (TPSA) is 94.1 Å². The van der Waals surface area contributed by atoms with E-state index in [1.165, 1.54) is 11.3 Å². The Bertz CT molecular complexity index is 858. The van der Waals surface area contributed by atoms with Crippen LogP contribution in [0.5, 0.6) is 11.5 Å². The van der Waals surface area contributed by atoms with Crippen LogP contribution in [0.3, 0.4) is 0 Å². The summed E-state index contributed by atoms with van der Waals surface area (Å²) in [7, 11) is 1.64. The van der Waals surface area contributed by atoms with Gasteiger partial charge in [0.15, 0.2) is 5.96 Å². The third-order valence-corrected chi connectivity index (χ3v) is 5.56. The van der Waals surface area contributed by atoms with Gasteiger partial charge in [0, 0.05) is 19.5 Å². The van der Waals surface area contributed by atoms with E-state index in [0.29, 0.717) is 36.3 Å². The predicted molar refractivity (Wildman–Crippen MR) is 139 cm³/mol. The Morgan fingerprint density at radius 1 is 1.22 bits per heavy atom. The van der Waals surface area contributed by atoms with Crippen LogP contribution < -0.4 is 20.1 Å². The molecule has 2 aromatic rings. The Kier molecular flexibility index (Phi) is 13.0. The number of esters is 1. The first-order chi connectivity index (χ1) is 15.0. The highest BCUT2D eigenvalue weighted by atomic mass is 127. The van der Waals surface area contributed by atoms with Crippen molar-refractivity contribution in [2.45, 2.75) is 40.2 Å². The molecule has 0 aliphatic heterocycles. The summed E-state index contributed by atoms with van der Waals surface area (Å²) >= 11 is 1.35. The second kappa shape index (κ2) is 14.9. The number of thiazole rings is 1. The number of nitrogens with zero attached hydrogens (tertiary/aromatic N) is 2. The van der Waals surface area contributed by atoms with Crippen LogP contribution in [0.1, 0.15) is 53.6 Å². The lowest BCUT2D eigenvalue weighted by Gasteiger charge is -2.16. The molecule has 0 spiro atoms. The van der Waals surface area contributed by atoms with Crippen LogP contribution in [0, 0.1) is 6.92 Å². The van der Waals surface area contributed by atoms with E-state index in [4.69, 9.17) is 14.2 Å². The van der Waals surface area contributed by atoms with Crippen molar-refractivity contribution in [1.29, 1.82) is 0 Å². The highest BCUT2D eigenvalue weighted by molar-refractivity contribution is 14.0. The van der Waals surface area contributed by atoms with Crippen LogP contribution >= 0.6 is 35.3 Å². The quantitative estimate of drug-likeness (QED) is 0.135. The van der Waals surface area contributed by atoms with E-state index < -0.39 is 0 Å². The molecule has 1 atom stereocenters. The van der Waals surface area contributed by atoms with Crippen molar-refractivity contribution in [1.82, 2.24) is 15.6 Å². The number of carbonyl (C=O) groups excluding carboxylic acids is 1. The summed E-state index contributed by atoms with van der Waals surface area (Å²) in [6, 6.07) is 7.41. The average molecular weight is 577 g/mol. The molecule has 8 nitrogen and oxygen atoms in total. The molecule has 0 fully saturated rings. The fourth-order valence-corrected chi connectivity index (χ4v) is 3.66. The number of methoxy groups -OCH3 is 1. The normalized spacial score (nSPS) is 11.8. The Morgan fingerprint density at radius 2 is 1.91 bits per heavy atom. The van der Waals surface area contributed by atoms with Gasteiger partial charge < -0.3 is 24.8 Å². The fraction of sp³-hybridized carbons (Fsp3) is 0.500. The van der Waals surface area contributed by atoms with Gasteiger partial charge in [-0.15, -0.1) is 35.3 Å². The summed E-state index contributed by atoms with van der Waals surface area (Å²) in [5.41, 5.74) is 0.685. The molecule has 0 aliphatic carbocycles. The maximum Gasteiger partial charge on any atom is 0.350 e. The standard InChI is InChI=1S/C22H32N4O4S.HI/c1-6-23-22(24-13-8-14-30-18-11-9-17(28-5)10-12-18)26-16(4)20-25-15(3)19(31-20)21(27)29-7-2;/h9-12,16H,6-8,13-14H2,1-5H3,(H2,23,24,26);1H. The summed E-state index contributed by atoms with van der Waals surface area (Å²) in [6.45, 7) is 9.89. The van der Waals surface area contributed by atoms with Crippen LogP contribution in [0.25, 0.3) is 0 Å². The molecule has 1 unspecified atom stereocenters. The number of ether oxygens (including phenoxy) is 3. The molecule has 0 radical (unpaired) electrons. The minimum Gasteiger partial charge on any atom is -0.497 e. The van der Waals surface area contributed by atoms with Crippen molar-refractivity contribution in [2.75, 3.05) is 33.4 Å². The zero-order valence-electron chi connectivity index (χ0n) is 19.3. The smallest absolute Gasteiger partial charge is 0.350 e. The first-order valence-electron chi connectivity index (χ1n) is 10.4. The monoisotopic (exact) mass is 576 g/mol. The van der Waals surface area contributed by atoms with Crippen LogP contribution in [0.4, 0.5) is 0 Å². The van der Waals surface area contributed by atoms with Gasteiger partial charge in [0.25, 0.3) is 0 Å². The molecule has 0 saturated carbocycles. The highest BCUT2D eigenvalue weighted by Gasteiger charge is 2.20. The van der Waals surface area contributed by atoms with Crippen molar-refractivity contribution < 1.29 is 19.0 Å². The third-order valence-electron chi connectivity index (χ3n) is 4.24. The number of aryl methyl sites for hydroxylation is 1. The molecule has 2 rings (SSSR count). The molecular formula is C22H33IN4O4S. The van der Waals surface area contributed by atoms with Gasteiger partial charge in [0.05, 0.1) is 32.1 Å². The summed E-state index contributed by atoms with van der Waals surface area (Å²) in [5.74, 6) is 1.98. The molecule has 0 saturated heterocycles. The van der Waals surface area contributed by atoms with Gasteiger partial charge in [-0.05, 0) is 52.0 Å². The van der Waals surface area contributed by atoms with Gasteiger partial charge in [0.2, 0.25) is 0 Å². The lowest BCUT2D eigenvalue weighted by atomic mass is 10.3. The Labute approximate surface area is 211 Å². The number of benzene rings is 1. The minimum atomic E-state index is -0.326. The van der Waals surface area contributed by atoms with Crippen LogP contribution in [-0.2, 0) is 4.74 Å². The van der Waals surface area contributed by atoms with E-state index in [9.17, 15) is 4.79 Å². The fourth-order valence-electron chi connectivity index (χ4n) is 2.69. The Hall–Kier alpha value is -2.08. The second-order valence-electron chi connectivity index (χ2n) is 6.69. The average Bonchev–Trinajstić information content (AvgIpc) is 3.16. The number of aromatic nitrogens is 1. The lowest BCUT2D eigenvalue weighted by molar-refractivity contribution is 0.0531. The van der Waals surface area contributed by atoms with Crippen molar-refractivity contribution in [2.24, 2.45) is 4.99 Å². The second-order valence-corrected chi connectivity index (χ2v) is 7.72. The van der Waals surface area contributed by atoms with Crippen molar-refractivity contribution >= 4 is 47.2 Å².